The van der Waals surface area contributed by atoms with Crippen molar-refractivity contribution >= 4 is 40.5 Å². The van der Waals surface area contributed by atoms with Crippen molar-refractivity contribution < 1.29 is 9.53 Å². The molecule has 5 heterocycles. The summed E-state index contributed by atoms with van der Waals surface area (Å²) in [4.78, 5) is 25.0. The number of aromatic nitrogens is 3. The molecule has 0 spiro atoms. The molecule has 3 fully saturated rings. The molecule has 3 aliphatic heterocycles. The van der Waals surface area contributed by atoms with Crippen LogP contribution in [0.25, 0.3) is 5.65 Å². The van der Waals surface area contributed by atoms with Gasteiger partial charge in [-0.05, 0) is 43.9 Å². The van der Waals surface area contributed by atoms with Crippen molar-refractivity contribution in [3.8, 4) is 0 Å². The Balaban J connectivity index is 1.39. The Bertz CT molecular complexity index is 1250. The second-order valence-corrected chi connectivity index (χ2v) is 9.93. The summed E-state index contributed by atoms with van der Waals surface area (Å²) in [5.41, 5.74) is 8.71. The summed E-state index contributed by atoms with van der Waals surface area (Å²) in [6.45, 7) is 5.74. The quantitative estimate of drug-likeness (QED) is 0.555. The lowest BCUT2D eigenvalue weighted by atomic mass is 9.98. The lowest BCUT2D eigenvalue weighted by Crippen LogP contribution is -2.40. The van der Waals surface area contributed by atoms with E-state index in [-0.39, 0.29) is 11.9 Å². The van der Waals surface area contributed by atoms with Crippen molar-refractivity contribution in [3.05, 3.63) is 46.6 Å². The number of likely N-dealkylation sites (tertiary alicyclic amines) is 1. The lowest BCUT2D eigenvalue weighted by Gasteiger charge is -2.35. The van der Waals surface area contributed by atoms with Gasteiger partial charge in [0, 0.05) is 55.6 Å². The first kappa shape index (κ1) is 22.4. The second kappa shape index (κ2) is 9.20. The van der Waals surface area contributed by atoms with Gasteiger partial charge in [0.05, 0.1) is 30.5 Å². The van der Waals surface area contributed by atoms with E-state index >= 15 is 0 Å². The molecular weight excluding hydrogens is 466 g/mol. The van der Waals surface area contributed by atoms with Gasteiger partial charge in [0.25, 0.3) is 5.91 Å². The number of anilines is 3. The summed E-state index contributed by atoms with van der Waals surface area (Å²) in [5, 5.41) is 5.53. The molecule has 1 aromatic carbocycles. The number of carbonyl (C=O) groups excluding carboxylic acids is 1. The lowest BCUT2D eigenvalue weighted by molar-refractivity contribution is 0.0607. The van der Waals surface area contributed by atoms with Crippen molar-refractivity contribution in [2.45, 2.75) is 31.7 Å². The van der Waals surface area contributed by atoms with Crippen LogP contribution in [-0.4, -0.2) is 71.3 Å². The highest BCUT2D eigenvalue weighted by Gasteiger charge is 2.32. The number of nitrogens with zero attached hydrogens (tertiary/aromatic N) is 6. The van der Waals surface area contributed by atoms with E-state index in [1.54, 1.807) is 18.2 Å². The van der Waals surface area contributed by atoms with E-state index in [0.717, 1.165) is 68.4 Å². The van der Waals surface area contributed by atoms with Crippen molar-refractivity contribution in [1.82, 2.24) is 19.5 Å². The minimum Gasteiger partial charge on any atom is -0.398 e. The standard InChI is InChI=1S/C25H30ClN7O2/c26-17-5-6-19(27)18(14-17)25(34)32-9-2-1-4-21(32)20-15-23-28-22(30-7-3-8-30)16-24(33(23)29-20)31-10-12-35-13-11-31/h5-6,14-16,21H,1-4,7-13,27H2. The number of nitrogens with two attached hydrogens (primary N) is 1. The number of halogens is 1. The summed E-state index contributed by atoms with van der Waals surface area (Å²) in [6, 6.07) is 9.11. The van der Waals surface area contributed by atoms with Crippen molar-refractivity contribution in [2.75, 3.05) is 61.5 Å². The van der Waals surface area contributed by atoms with Gasteiger partial charge in [0.15, 0.2) is 5.65 Å². The predicted molar refractivity (Wildman–Crippen MR) is 136 cm³/mol. The summed E-state index contributed by atoms with van der Waals surface area (Å²) in [5.74, 6) is 1.91. The Labute approximate surface area is 209 Å². The second-order valence-electron chi connectivity index (χ2n) is 9.49. The number of piperidine rings is 1. The number of hydrogen-bond donors (Lipinski definition) is 1. The van der Waals surface area contributed by atoms with Crippen LogP contribution in [0.5, 0.6) is 0 Å². The fraction of sp³-hybridized carbons (Fsp3) is 0.480. The van der Waals surface area contributed by atoms with Gasteiger partial charge in [-0.3, -0.25) is 4.79 Å². The van der Waals surface area contributed by atoms with Crippen molar-refractivity contribution in [3.63, 3.8) is 0 Å². The molecule has 2 N–H and O–H groups in total. The zero-order chi connectivity index (χ0) is 23.9. The number of hydrogen-bond acceptors (Lipinski definition) is 7. The number of fused-ring (bicyclic) bond motifs is 1. The number of ether oxygens (including phenoxy) is 1. The smallest absolute Gasteiger partial charge is 0.256 e. The number of benzene rings is 1. The molecule has 0 radical (unpaired) electrons. The molecule has 3 aromatic rings. The number of carbonyl (C=O) groups is 1. The third-order valence-electron chi connectivity index (χ3n) is 7.28. The van der Waals surface area contributed by atoms with Gasteiger partial charge in [0.1, 0.15) is 11.6 Å². The third kappa shape index (κ3) is 4.16. The molecule has 1 amide bonds. The first-order valence-corrected chi connectivity index (χ1v) is 12.8. The zero-order valence-corrected chi connectivity index (χ0v) is 20.5. The Morgan fingerprint density at radius 2 is 1.83 bits per heavy atom. The van der Waals surface area contributed by atoms with E-state index in [4.69, 9.17) is 32.2 Å². The van der Waals surface area contributed by atoms with E-state index < -0.39 is 0 Å². The molecule has 6 rings (SSSR count). The Hall–Kier alpha value is -3.04. The minimum absolute atomic E-state index is 0.102. The average molecular weight is 496 g/mol. The molecule has 184 valence electrons. The van der Waals surface area contributed by atoms with Crippen LogP contribution in [0.2, 0.25) is 5.02 Å². The van der Waals surface area contributed by atoms with E-state index in [0.29, 0.717) is 36.0 Å². The van der Waals surface area contributed by atoms with Gasteiger partial charge in [-0.15, -0.1) is 0 Å². The molecule has 1 atom stereocenters. The molecule has 0 bridgehead atoms. The number of nitrogen functional groups attached to an aromatic ring is 1. The largest absolute Gasteiger partial charge is 0.398 e. The molecule has 10 heteroatoms. The van der Waals surface area contributed by atoms with Crippen molar-refractivity contribution in [1.29, 1.82) is 0 Å². The molecule has 0 aliphatic carbocycles. The highest BCUT2D eigenvalue weighted by atomic mass is 35.5. The fourth-order valence-corrected chi connectivity index (χ4v) is 5.37. The molecule has 3 saturated heterocycles. The summed E-state index contributed by atoms with van der Waals surface area (Å²) in [6.07, 6.45) is 4.03. The summed E-state index contributed by atoms with van der Waals surface area (Å²) >= 11 is 6.19. The SMILES string of the molecule is Nc1ccc(Cl)cc1C(=O)N1CCCCC1c1cc2nc(N3CCC3)cc(N3CCOCC3)n2n1. The molecule has 1 unspecified atom stereocenters. The van der Waals surface area contributed by atoms with Gasteiger partial charge < -0.3 is 25.2 Å². The summed E-state index contributed by atoms with van der Waals surface area (Å²) < 4.78 is 7.52. The van der Waals surface area contributed by atoms with E-state index in [2.05, 4.69) is 15.9 Å². The molecule has 9 nitrogen and oxygen atoms in total. The van der Waals surface area contributed by atoms with E-state index in [9.17, 15) is 4.79 Å². The highest BCUT2D eigenvalue weighted by molar-refractivity contribution is 6.31. The number of morpholine rings is 1. The minimum atomic E-state index is -0.138. The van der Waals surface area contributed by atoms with Crippen LogP contribution < -0.4 is 15.5 Å². The molecule has 35 heavy (non-hydrogen) atoms. The molecule has 2 aromatic heterocycles. The Kier molecular flexibility index (Phi) is 5.89. The van der Waals surface area contributed by atoms with Gasteiger partial charge in [-0.25, -0.2) is 4.98 Å². The average Bonchev–Trinajstić information content (AvgIpc) is 3.28. The van der Waals surface area contributed by atoms with Crippen LogP contribution in [0.15, 0.2) is 30.3 Å². The Morgan fingerprint density at radius 1 is 1.00 bits per heavy atom. The maximum Gasteiger partial charge on any atom is 0.256 e. The van der Waals surface area contributed by atoms with Crippen molar-refractivity contribution in [2.24, 2.45) is 0 Å². The monoisotopic (exact) mass is 495 g/mol. The normalized spacial score (nSPS) is 20.8. The van der Waals surface area contributed by atoms with Crippen LogP contribution in [-0.2, 0) is 4.74 Å². The number of amides is 1. The van der Waals surface area contributed by atoms with Crippen LogP contribution >= 0.6 is 11.6 Å². The zero-order valence-electron chi connectivity index (χ0n) is 19.7. The van der Waals surface area contributed by atoms with Crippen LogP contribution in [0.3, 0.4) is 0 Å². The highest BCUT2D eigenvalue weighted by Crippen LogP contribution is 2.35. The topological polar surface area (TPSA) is 92.2 Å². The molecular formula is C25H30ClN7O2. The van der Waals surface area contributed by atoms with Gasteiger partial charge in [-0.2, -0.15) is 9.61 Å². The summed E-state index contributed by atoms with van der Waals surface area (Å²) in [7, 11) is 0. The predicted octanol–water partition coefficient (Wildman–Crippen LogP) is 3.38. The third-order valence-corrected chi connectivity index (χ3v) is 7.51. The molecule has 0 saturated carbocycles. The molecule has 3 aliphatic rings. The first-order chi connectivity index (χ1) is 17.1. The van der Waals surface area contributed by atoms with Gasteiger partial charge >= 0.3 is 0 Å². The maximum absolute atomic E-state index is 13.6. The number of rotatable bonds is 4. The van der Waals surface area contributed by atoms with Crippen LogP contribution in [0.4, 0.5) is 17.3 Å². The van der Waals surface area contributed by atoms with E-state index in [1.165, 1.54) is 6.42 Å². The van der Waals surface area contributed by atoms with Gasteiger partial charge in [-0.1, -0.05) is 11.6 Å². The van der Waals surface area contributed by atoms with E-state index in [1.807, 2.05) is 15.5 Å². The Morgan fingerprint density at radius 3 is 2.60 bits per heavy atom. The van der Waals surface area contributed by atoms with Crippen LogP contribution in [0, 0.1) is 0 Å². The maximum atomic E-state index is 13.6. The fourth-order valence-electron chi connectivity index (χ4n) is 5.20. The van der Waals surface area contributed by atoms with Gasteiger partial charge in [0.2, 0.25) is 0 Å². The van der Waals surface area contributed by atoms with Crippen LogP contribution in [0.1, 0.15) is 47.8 Å². The first-order valence-electron chi connectivity index (χ1n) is 12.4.